The summed E-state index contributed by atoms with van der Waals surface area (Å²) in [5, 5.41) is 12.2. The molecule has 0 aliphatic carbocycles. The molecule has 128 valence electrons. The molecule has 2 N–H and O–H groups in total. The van der Waals surface area contributed by atoms with E-state index in [-0.39, 0.29) is 0 Å². The molecule has 1 amide bonds. The van der Waals surface area contributed by atoms with Crippen molar-refractivity contribution in [3.05, 3.63) is 29.8 Å². The normalized spacial score (nSPS) is 13.1. The Morgan fingerprint density at radius 2 is 1.61 bits per heavy atom. The number of aliphatic carboxylic acids is 1. The maximum atomic E-state index is 12.1. The van der Waals surface area contributed by atoms with Gasteiger partial charge in [-0.05, 0) is 52.3 Å². The standard InChI is InChI=1S/C17H25NO5/c1-16(2,3)23-15(21)18-13(17(4,5)14(19)20)11-7-9-12(22-6)10-8-11/h7-10,13H,1-6H3,(H,18,21)(H,19,20). The molecule has 0 saturated heterocycles. The van der Waals surface area contributed by atoms with Crippen LogP contribution < -0.4 is 10.1 Å². The SMILES string of the molecule is COc1ccc(C(NC(=O)OC(C)(C)C)C(C)(C)C(=O)O)cc1. The third-order valence-electron chi connectivity index (χ3n) is 3.38. The highest BCUT2D eigenvalue weighted by atomic mass is 16.6. The van der Waals surface area contributed by atoms with E-state index in [2.05, 4.69) is 5.32 Å². The van der Waals surface area contributed by atoms with Gasteiger partial charge in [0.2, 0.25) is 0 Å². The topological polar surface area (TPSA) is 84.9 Å². The summed E-state index contributed by atoms with van der Waals surface area (Å²) in [6.07, 6.45) is -0.660. The number of carboxylic acid groups (broad SMARTS) is 1. The molecule has 0 saturated carbocycles. The third kappa shape index (κ3) is 5.16. The second kappa shape index (κ2) is 6.89. The van der Waals surface area contributed by atoms with Crippen molar-refractivity contribution < 1.29 is 24.2 Å². The first-order valence-corrected chi connectivity index (χ1v) is 7.34. The Bertz CT molecular complexity index is 557. The third-order valence-corrected chi connectivity index (χ3v) is 3.38. The molecule has 0 aromatic heterocycles. The lowest BCUT2D eigenvalue weighted by Crippen LogP contribution is -2.44. The lowest BCUT2D eigenvalue weighted by molar-refractivity contribution is -0.148. The molecule has 1 unspecified atom stereocenters. The highest BCUT2D eigenvalue weighted by Gasteiger charge is 2.39. The monoisotopic (exact) mass is 323 g/mol. The van der Waals surface area contributed by atoms with E-state index >= 15 is 0 Å². The highest BCUT2D eigenvalue weighted by molar-refractivity contribution is 5.77. The summed E-state index contributed by atoms with van der Waals surface area (Å²) in [5.74, 6) is -0.368. The number of methoxy groups -OCH3 is 1. The molecule has 0 spiro atoms. The van der Waals surface area contributed by atoms with Crippen molar-refractivity contribution >= 4 is 12.1 Å². The van der Waals surface area contributed by atoms with Crippen LogP contribution in [0.4, 0.5) is 4.79 Å². The van der Waals surface area contributed by atoms with Crippen LogP contribution in [0.15, 0.2) is 24.3 Å². The Morgan fingerprint density at radius 3 is 2.00 bits per heavy atom. The van der Waals surface area contributed by atoms with Crippen LogP contribution in [0.5, 0.6) is 5.75 Å². The van der Waals surface area contributed by atoms with Crippen molar-refractivity contribution in [3.8, 4) is 5.75 Å². The fourth-order valence-corrected chi connectivity index (χ4v) is 2.03. The van der Waals surface area contributed by atoms with Crippen LogP contribution in [-0.2, 0) is 9.53 Å². The first-order chi connectivity index (χ1) is 10.5. The molecule has 0 fully saturated rings. The van der Waals surface area contributed by atoms with Gasteiger partial charge in [-0.1, -0.05) is 12.1 Å². The number of benzene rings is 1. The second-order valence-electron chi connectivity index (χ2n) is 6.88. The second-order valence-corrected chi connectivity index (χ2v) is 6.88. The maximum Gasteiger partial charge on any atom is 0.408 e. The summed E-state index contributed by atoms with van der Waals surface area (Å²) in [7, 11) is 1.55. The van der Waals surface area contributed by atoms with Gasteiger partial charge in [0.25, 0.3) is 0 Å². The highest BCUT2D eigenvalue weighted by Crippen LogP contribution is 2.34. The van der Waals surface area contributed by atoms with Gasteiger partial charge in [0.15, 0.2) is 0 Å². The Kier molecular flexibility index (Phi) is 5.64. The summed E-state index contributed by atoms with van der Waals surface area (Å²) in [4.78, 5) is 23.7. The zero-order chi connectivity index (χ0) is 17.8. The Hall–Kier alpha value is -2.24. The molecule has 1 atom stereocenters. The minimum Gasteiger partial charge on any atom is -0.497 e. The number of rotatable bonds is 5. The van der Waals surface area contributed by atoms with Crippen molar-refractivity contribution in [2.45, 2.75) is 46.3 Å². The van der Waals surface area contributed by atoms with Gasteiger partial charge in [-0.2, -0.15) is 0 Å². The van der Waals surface area contributed by atoms with Crippen LogP contribution in [-0.4, -0.2) is 29.9 Å². The number of ether oxygens (including phenoxy) is 2. The Balaban J connectivity index is 3.11. The van der Waals surface area contributed by atoms with Crippen molar-refractivity contribution in [1.29, 1.82) is 0 Å². The van der Waals surface area contributed by atoms with Gasteiger partial charge in [-0.25, -0.2) is 4.79 Å². The predicted octanol–water partition coefficient (Wildman–Crippen LogP) is 3.37. The molecule has 6 heteroatoms. The van der Waals surface area contributed by atoms with Crippen LogP contribution >= 0.6 is 0 Å². The number of alkyl carbamates (subject to hydrolysis) is 1. The van der Waals surface area contributed by atoms with Crippen LogP contribution in [0.2, 0.25) is 0 Å². The number of carbonyl (C=O) groups excluding carboxylic acids is 1. The average molecular weight is 323 g/mol. The lowest BCUT2D eigenvalue weighted by atomic mass is 9.80. The van der Waals surface area contributed by atoms with E-state index in [4.69, 9.17) is 9.47 Å². The summed E-state index contributed by atoms with van der Waals surface area (Å²) in [5.41, 5.74) is -1.23. The quantitative estimate of drug-likeness (QED) is 0.868. The average Bonchev–Trinajstić information content (AvgIpc) is 2.42. The van der Waals surface area contributed by atoms with Gasteiger partial charge >= 0.3 is 12.1 Å². The van der Waals surface area contributed by atoms with Crippen molar-refractivity contribution in [3.63, 3.8) is 0 Å². The number of amides is 1. The largest absolute Gasteiger partial charge is 0.497 e. The number of carbonyl (C=O) groups is 2. The fraction of sp³-hybridized carbons (Fsp3) is 0.529. The molecule has 0 heterocycles. The molecule has 1 aromatic carbocycles. The van der Waals surface area contributed by atoms with E-state index in [9.17, 15) is 14.7 Å². The van der Waals surface area contributed by atoms with Crippen LogP contribution in [0.3, 0.4) is 0 Å². The predicted molar refractivity (Wildman–Crippen MR) is 86.5 cm³/mol. The van der Waals surface area contributed by atoms with E-state index in [1.807, 2.05) is 0 Å². The Labute approximate surface area is 136 Å². The zero-order valence-corrected chi connectivity index (χ0v) is 14.5. The number of hydrogen-bond donors (Lipinski definition) is 2. The fourth-order valence-electron chi connectivity index (χ4n) is 2.03. The molecule has 0 radical (unpaired) electrons. The maximum absolute atomic E-state index is 12.1. The first kappa shape index (κ1) is 18.8. The van der Waals surface area contributed by atoms with Crippen LogP contribution in [0, 0.1) is 5.41 Å². The van der Waals surface area contributed by atoms with Crippen molar-refractivity contribution in [2.24, 2.45) is 5.41 Å². The molecule has 0 aliphatic heterocycles. The Morgan fingerprint density at radius 1 is 1.09 bits per heavy atom. The van der Waals surface area contributed by atoms with Crippen molar-refractivity contribution in [1.82, 2.24) is 5.32 Å². The summed E-state index contributed by atoms with van der Waals surface area (Å²) < 4.78 is 10.3. The molecular formula is C17H25NO5. The number of carboxylic acids is 1. The van der Waals surface area contributed by atoms with E-state index < -0.39 is 29.1 Å². The van der Waals surface area contributed by atoms with Gasteiger partial charge < -0.3 is 19.9 Å². The molecule has 0 bridgehead atoms. The smallest absolute Gasteiger partial charge is 0.408 e. The van der Waals surface area contributed by atoms with Gasteiger partial charge in [0.05, 0.1) is 18.6 Å². The first-order valence-electron chi connectivity index (χ1n) is 7.34. The van der Waals surface area contributed by atoms with Crippen LogP contribution in [0.1, 0.15) is 46.2 Å². The lowest BCUT2D eigenvalue weighted by Gasteiger charge is -2.32. The minimum absolute atomic E-state index is 0.651. The van der Waals surface area contributed by atoms with Crippen molar-refractivity contribution in [2.75, 3.05) is 7.11 Å². The molecule has 23 heavy (non-hydrogen) atoms. The van der Waals surface area contributed by atoms with Crippen LogP contribution in [0.25, 0.3) is 0 Å². The molecular weight excluding hydrogens is 298 g/mol. The van der Waals surface area contributed by atoms with Gasteiger partial charge in [0, 0.05) is 0 Å². The van der Waals surface area contributed by atoms with E-state index in [0.29, 0.717) is 11.3 Å². The van der Waals surface area contributed by atoms with Gasteiger partial charge in [-0.3, -0.25) is 4.79 Å². The summed E-state index contributed by atoms with van der Waals surface area (Å²) in [6, 6.07) is 6.14. The van der Waals surface area contributed by atoms with Gasteiger partial charge in [-0.15, -0.1) is 0 Å². The summed E-state index contributed by atoms with van der Waals surface area (Å²) in [6.45, 7) is 8.36. The molecule has 0 aliphatic rings. The van der Waals surface area contributed by atoms with E-state index in [1.165, 1.54) is 0 Å². The molecule has 6 nitrogen and oxygen atoms in total. The van der Waals surface area contributed by atoms with E-state index in [0.717, 1.165) is 0 Å². The molecule has 1 aromatic rings. The van der Waals surface area contributed by atoms with E-state index in [1.54, 1.807) is 66.0 Å². The van der Waals surface area contributed by atoms with Gasteiger partial charge in [0.1, 0.15) is 11.4 Å². The number of nitrogens with one attached hydrogen (secondary N) is 1. The minimum atomic E-state index is -1.22. The summed E-state index contributed by atoms with van der Waals surface area (Å²) >= 11 is 0. The zero-order valence-electron chi connectivity index (χ0n) is 14.5. The number of hydrogen-bond acceptors (Lipinski definition) is 4. The molecule has 1 rings (SSSR count).